The minimum atomic E-state index is -2.20. The minimum absolute atomic E-state index is 0.104. The van der Waals surface area contributed by atoms with E-state index >= 15 is 0 Å². The normalized spacial score (nSPS) is 23.1. The van der Waals surface area contributed by atoms with E-state index in [-0.39, 0.29) is 12.8 Å². The molecule has 0 N–H and O–H groups in total. The Labute approximate surface area is 170 Å². The fourth-order valence-electron chi connectivity index (χ4n) is 4.22. The van der Waals surface area contributed by atoms with Crippen LogP contribution in [0.4, 0.5) is 0 Å². The van der Waals surface area contributed by atoms with Gasteiger partial charge in [-0.25, -0.2) is 0 Å². The third kappa shape index (κ3) is 3.38. The van der Waals surface area contributed by atoms with Crippen LogP contribution < -0.4 is 0 Å². The van der Waals surface area contributed by atoms with Crippen LogP contribution in [0.5, 0.6) is 0 Å². The van der Waals surface area contributed by atoms with Crippen LogP contribution in [0.15, 0.2) is 24.3 Å². The summed E-state index contributed by atoms with van der Waals surface area (Å²) < 4.78 is 16.1. The van der Waals surface area contributed by atoms with E-state index in [4.69, 9.17) is 13.9 Å². The van der Waals surface area contributed by atoms with Gasteiger partial charge in [-0.15, -0.1) is 0 Å². The summed E-state index contributed by atoms with van der Waals surface area (Å²) in [4.78, 5) is 52.6. The van der Waals surface area contributed by atoms with Gasteiger partial charge >= 0.3 is 11.9 Å². The largest absolute Gasteiger partial charge is 0.468 e. The molecule has 3 rings (SSSR count). The van der Waals surface area contributed by atoms with Gasteiger partial charge in [0.05, 0.1) is 31.5 Å². The number of carbonyl (C=O) groups is 4. The molecular weight excluding hydrogens is 394 g/mol. The number of esters is 2. The van der Waals surface area contributed by atoms with E-state index in [9.17, 15) is 19.2 Å². The van der Waals surface area contributed by atoms with Crippen molar-refractivity contribution in [3.05, 3.63) is 35.4 Å². The van der Waals surface area contributed by atoms with Crippen LogP contribution in [-0.2, 0) is 23.5 Å². The van der Waals surface area contributed by atoms with E-state index in [0.29, 0.717) is 11.1 Å². The zero-order valence-corrected chi connectivity index (χ0v) is 18.2. The first-order valence-electron chi connectivity index (χ1n) is 9.38. The summed E-state index contributed by atoms with van der Waals surface area (Å²) >= 11 is 0. The first-order chi connectivity index (χ1) is 13.6. The van der Waals surface area contributed by atoms with Crippen molar-refractivity contribution in [1.82, 2.24) is 4.90 Å². The van der Waals surface area contributed by atoms with Gasteiger partial charge in [-0.3, -0.25) is 24.1 Å². The van der Waals surface area contributed by atoms with Crippen LogP contribution in [0.25, 0.3) is 0 Å². The Morgan fingerprint density at radius 2 is 1.48 bits per heavy atom. The van der Waals surface area contributed by atoms with Gasteiger partial charge in [0.2, 0.25) is 0 Å². The van der Waals surface area contributed by atoms with Crippen molar-refractivity contribution in [1.29, 1.82) is 0 Å². The van der Waals surface area contributed by atoms with Gasteiger partial charge in [-0.05, 0) is 44.6 Å². The number of nitrogens with zero attached hydrogens (tertiary/aromatic N) is 1. The van der Waals surface area contributed by atoms with E-state index in [2.05, 4.69) is 0 Å². The number of carbonyl (C=O) groups excluding carboxylic acids is 4. The molecule has 0 saturated heterocycles. The zero-order chi connectivity index (χ0) is 21.6. The van der Waals surface area contributed by atoms with Gasteiger partial charge in [0, 0.05) is 6.04 Å². The highest BCUT2D eigenvalue weighted by Crippen LogP contribution is 2.47. The molecule has 8 nitrogen and oxygen atoms in total. The lowest BCUT2D eigenvalue weighted by molar-refractivity contribution is -0.175. The predicted octanol–water partition coefficient (Wildman–Crippen LogP) is 2.00. The molecule has 0 radical (unpaired) electrons. The number of hydrogen-bond acceptors (Lipinski definition) is 7. The molecule has 29 heavy (non-hydrogen) atoms. The molecule has 2 aliphatic rings. The number of methoxy groups -OCH3 is 2. The van der Waals surface area contributed by atoms with Crippen molar-refractivity contribution < 1.29 is 33.1 Å². The van der Waals surface area contributed by atoms with Crippen molar-refractivity contribution in [2.45, 2.75) is 44.6 Å². The Morgan fingerprint density at radius 1 is 1.00 bits per heavy atom. The molecule has 156 valence electrons. The number of ether oxygens (including phenoxy) is 2. The predicted molar refractivity (Wildman–Crippen MR) is 105 cm³/mol. The lowest BCUT2D eigenvalue weighted by atomic mass is 9.83. The van der Waals surface area contributed by atoms with Gasteiger partial charge in [0.15, 0.2) is 13.7 Å². The third-order valence-corrected chi connectivity index (χ3v) is 6.37. The van der Waals surface area contributed by atoms with E-state index in [1.165, 1.54) is 14.2 Å². The fourth-order valence-corrected chi connectivity index (χ4v) is 5.37. The zero-order valence-electron chi connectivity index (χ0n) is 17.2. The number of rotatable bonds is 5. The summed E-state index contributed by atoms with van der Waals surface area (Å²) in [5.41, 5.74) is -1.10. The molecule has 1 saturated carbocycles. The van der Waals surface area contributed by atoms with Crippen LogP contribution in [0.2, 0.25) is 19.6 Å². The molecule has 1 heterocycles. The Hall–Kier alpha value is -2.52. The second-order valence-electron chi connectivity index (χ2n) is 8.29. The van der Waals surface area contributed by atoms with Gasteiger partial charge in [-0.1, -0.05) is 12.1 Å². The third-order valence-electron chi connectivity index (χ3n) is 5.38. The average Bonchev–Trinajstić information content (AvgIpc) is 3.15. The summed E-state index contributed by atoms with van der Waals surface area (Å²) in [5, 5.41) is 0. The quantitative estimate of drug-likeness (QED) is 0.311. The number of benzene rings is 1. The average molecular weight is 420 g/mol. The molecule has 1 aliphatic carbocycles. The number of imide groups is 1. The van der Waals surface area contributed by atoms with Crippen molar-refractivity contribution in [2.24, 2.45) is 5.41 Å². The molecule has 1 aromatic rings. The first-order valence-corrected chi connectivity index (χ1v) is 12.8. The SMILES string of the molecule is COC(=O)C1(C(=O)OC)C[C@H](N2C(=O)c3ccccc3C2=O)C[C@H]1O[Si](C)(C)C. The summed E-state index contributed by atoms with van der Waals surface area (Å²) in [6.45, 7) is 5.80. The topological polar surface area (TPSA) is 99.2 Å². The van der Waals surface area contributed by atoms with Crippen LogP contribution in [0.3, 0.4) is 0 Å². The maximum atomic E-state index is 12.9. The fraction of sp³-hybridized carbons (Fsp3) is 0.500. The van der Waals surface area contributed by atoms with Crippen LogP contribution in [0, 0.1) is 5.41 Å². The van der Waals surface area contributed by atoms with Crippen molar-refractivity contribution in [3.63, 3.8) is 0 Å². The van der Waals surface area contributed by atoms with E-state index in [1.807, 2.05) is 19.6 Å². The highest BCUT2D eigenvalue weighted by molar-refractivity contribution is 6.69. The standard InChI is InChI=1S/C20H25NO7Si/c1-26-18(24)20(19(25)27-2)11-12(10-15(20)28-29(3,4)5)21-16(22)13-8-6-7-9-14(13)17(21)23/h6-9,12,15H,10-11H2,1-5H3/t12-,15-/m1/s1. The lowest BCUT2D eigenvalue weighted by Gasteiger charge is -2.33. The van der Waals surface area contributed by atoms with E-state index < -0.39 is 49.6 Å². The Balaban J connectivity index is 2.03. The summed E-state index contributed by atoms with van der Waals surface area (Å²) in [6, 6.07) is 5.86. The maximum absolute atomic E-state index is 12.9. The molecule has 0 unspecified atom stereocenters. The van der Waals surface area contributed by atoms with Crippen LogP contribution in [0.1, 0.15) is 33.6 Å². The highest BCUT2D eigenvalue weighted by atomic mass is 28.4. The minimum Gasteiger partial charge on any atom is -0.468 e. The highest BCUT2D eigenvalue weighted by Gasteiger charge is 2.63. The molecule has 2 atom stereocenters. The second-order valence-corrected chi connectivity index (χ2v) is 12.8. The smallest absolute Gasteiger partial charge is 0.325 e. The molecular formula is C20H25NO7Si. The van der Waals surface area contributed by atoms with Gasteiger partial charge in [-0.2, -0.15) is 0 Å². The van der Waals surface area contributed by atoms with Gasteiger partial charge in [0.1, 0.15) is 0 Å². The molecule has 9 heteroatoms. The molecule has 1 aliphatic heterocycles. The Bertz CT molecular complexity index is 825. The number of amides is 2. The van der Waals surface area contributed by atoms with Crippen LogP contribution in [-0.4, -0.2) is 63.3 Å². The van der Waals surface area contributed by atoms with Crippen molar-refractivity contribution in [2.75, 3.05) is 14.2 Å². The Morgan fingerprint density at radius 3 is 1.90 bits per heavy atom. The summed E-state index contributed by atoms with van der Waals surface area (Å²) in [6.07, 6.45) is -0.809. The molecule has 1 fully saturated rings. The summed E-state index contributed by atoms with van der Waals surface area (Å²) in [5.74, 6) is -2.45. The second kappa shape index (κ2) is 7.38. The van der Waals surface area contributed by atoms with Crippen molar-refractivity contribution in [3.8, 4) is 0 Å². The first kappa shape index (κ1) is 21.2. The van der Waals surface area contributed by atoms with E-state index in [0.717, 1.165) is 4.90 Å². The lowest BCUT2D eigenvalue weighted by Crippen LogP contribution is -2.51. The van der Waals surface area contributed by atoms with Gasteiger partial charge in [0.25, 0.3) is 11.8 Å². The van der Waals surface area contributed by atoms with Gasteiger partial charge < -0.3 is 13.9 Å². The molecule has 2 amide bonds. The summed E-state index contributed by atoms with van der Waals surface area (Å²) in [7, 11) is 0.178. The monoisotopic (exact) mass is 419 g/mol. The molecule has 1 aromatic carbocycles. The molecule has 0 spiro atoms. The van der Waals surface area contributed by atoms with E-state index in [1.54, 1.807) is 24.3 Å². The van der Waals surface area contributed by atoms with Crippen molar-refractivity contribution >= 4 is 32.1 Å². The molecule has 0 bridgehead atoms. The molecule has 0 aromatic heterocycles. The number of fused-ring (bicyclic) bond motifs is 1. The maximum Gasteiger partial charge on any atom is 0.325 e. The number of hydrogen-bond donors (Lipinski definition) is 0. The van der Waals surface area contributed by atoms with Crippen LogP contribution >= 0.6 is 0 Å². The Kier molecular flexibility index (Phi) is 5.39.